The van der Waals surface area contributed by atoms with Gasteiger partial charge in [0.1, 0.15) is 0 Å². The van der Waals surface area contributed by atoms with E-state index in [1.165, 1.54) is 0 Å². The Morgan fingerprint density at radius 2 is 1.53 bits per heavy atom. The number of aryl methyl sites for hydroxylation is 1. The average molecular weight is 396 g/mol. The number of aromatic nitrogens is 1. The predicted octanol–water partition coefficient (Wildman–Crippen LogP) is 4.49. The van der Waals surface area contributed by atoms with Crippen LogP contribution in [0.25, 0.3) is 10.9 Å². The molecule has 0 unspecified atom stereocenters. The molecular weight excluding hydrogens is 376 g/mol. The van der Waals surface area contributed by atoms with Crippen LogP contribution in [0, 0.1) is 6.92 Å². The maximum absolute atomic E-state index is 12.3. The quantitative estimate of drug-likeness (QED) is 0.343. The van der Waals surface area contributed by atoms with Gasteiger partial charge in [0.2, 0.25) is 0 Å². The highest BCUT2D eigenvalue weighted by molar-refractivity contribution is 6.04. The number of H-pyrrole nitrogens is 1. The van der Waals surface area contributed by atoms with Gasteiger partial charge in [0.15, 0.2) is 0 Å². The van der Waals surface area contributed by atoms with Gasteiger partial charge >= 0.3 is 0 Å². The third-order valence-corrected chi connectivity index (χ3v) is 4.71. The molecule has 0 atom stereocenters. The van der Waals surface area contributed by atoms with Gasteiger partial charge in [-0.05, 0) is 49.4 Å². The Morgan fingerprint density at radius 3 is 2.30 bits per heavy atom. The Morgan fingerprint density at radius 1 is 0.867 bits per heavy atom. The van der Waals surface area contributed by atoms with E-state index in [-0.39, 0.29) is 11.8 Å². The number of nitrogens with one attached hydrogen (secondary N) is 3. The normalized spacial score (nSPS) is 11.0. The van der Waals surface area contributed by atoms with E-state index in [1.807, 2.05) is 49.5 Å². The van der Waals surface area contributed by atoms with Crippen LogP contribution in [-0.4, -0.2) is 23.0 Å². The molecule has 0 aliphatic heterocycles. The molecule has 0 spiro atoms. The fourth-order valence-corrected chi connectivity index (χ4v) is 3.04. The lowest BCUT2D eigenvalue weighted by Gasteiger charge is -2.06. The van der Waals surface area contributed by atoms with Crippen molar-refractivity contribution in [2.45, 2.75) is 6.92 Å². The predicted molar refractivity (Wildman–Crippen MR) is 119 cm³/mol. The van der Waals surface area contributed by atoms with Gasteiger partial charge in [0.05, 0.1) is 6.21 Å². The second kappa shape index (κ2) is 8.45. The Labute approximate surface area is 173 Å². The summed E-state index contributed by atoms with van der Waals surface area (Å²) in [4.78, 5) is 27.7. The number of hydrogen-bond acceptors (Lipinski definition) is 3. The molecule has 1 heterocycles. The molecule has 6 heteroatoms. The SMILES string of the molecule is Cc1ccc(C(=O)Nc2ccc(C(=O)N/N=C\c3c[nH]c4ccccc34)cc2)cc1. The van der Waals surface area contributed by atoms with Crippen molar-refractivity contribution in [1.29, 1.82) is 0 Å². The van der Waals surface area contributed by atoms with Crippen molar-refractivity contribution >= 4 is 34.6 Å². The summed E-state index contributed by atoms with van der Waals surface area (Å²) in [5, 5.41) is 7.89. The van der Waals surface area contributed by atoms with Crippen LogP contribution in [0.5, 0.6) is 0 Å². The second-order valence-corrected chi connectivity index (χ2v) is 6.89. The number of hydrogen-bond donors (Lipinski definition) is 3. The minimum Gasteiger partial charge on any atom is -0.361 e. The van der Waals surface area contributed by atoms with Crippen molar-refractivity contribution in [1.82, 2.24) is 10.4 Å². The van der Waals surface area contributed by atoms with Gasteiger partial charge in [-0.3, -0.25) is 9.59 Å². The fourth-order valence-electron chi connectivity index (χ4n) is 3.04. The number of anilines is 1. The maximum atomic E-state index is 12.3. The topological polar surface area (TPSA) is 86.3 Å². The number of carbonyl (C=O) groups is 2. The maximum Gasteiger partial charge on any atom is 0.271 e. The highest BCUT2D eigenvalue weighted by atomic mass is 16.2. The summed E-state index contributed by atoms with van der Waals surface area (Å²) in [6, 6.07) is 21.8. The van der Waals surface area contributed by atoms with E-state index in [0.717, 1.165) is 22.0 Å². The number of fused-ring (bicyclic) bond motifs is 1. The van der Waals surface area contributed by atoms with Crippen LogP contribution in [0.4, 0.5) is 5.69 Å². The molecule has 3 aromatic carbocycles. The Hall–Kier alpha value is -4.19. The first-order chi connectivity index (χ1) is 14.6. The zero-order valence-electron chi connectivity index (χ0n) is 16.3. The van der Waals surface area contributed by atoms with Gasteiger partial charge in [-0.25, -0.2) is 5.43 Å². The molecular formula is C24H20N4O2. The molecule has 0 fully saturated rings. The van der Waals surface area contributed by atoms with Crippen molar-refractivity contribution in [3.8, 4) is 0 Å². The zero-order chi connectivity index (χ0) is 20.9. The van der Waals surface area contributed by atoms with Gasteiger partial charge in [0.25, 0.3) is 11.8 Å². The lowest BCUT2D eigenvalue weighted by molar-refractivity contribution is 0.0954. The van der Waals surface area contributed by atoms with Crippen LogP contribution in [0.15, 0.2) is 84.1 Å². The molecule has 4 aromatic rings. The first-order valence-electron chi connectivity index (χ1n) is 9.48. The van der Waals surface area contributed by atoms with E-state index in [9.17, 15) is 9.59 Å². The third kappa shape index (κ3) is 4.28. The molecule has 0 saturated carbocycles. The van der Waals surface area contributed by atoms with E-state index in [4.69, 9.17) is 0 Å². The number of rotatable bonds is 5. The Kier molecular flexibility index (Phi) is 5.39. The first kappa shape index (κ1) is 19.1. The lowest BCUT2D eigenvalue weighted by Crippen LogP contribution is -2.17. The van der Waals surface area contributed by atoms with E-state index in [1.54, 1.807) is 42.6 Å². The number of aromatic amines is 1. The summed E-state index contributed by atoms with van der Waals surface area (Å²) >= 11 is 0. The lowest BCUT2D eigenvalue weighted by atomic mass is 10.1. The van der Waals surface area contributed by atoms with Crippen LogP contribution in [0.1, 0.15) is 31.8 Å². The molecule has 0 saturated heterocycles. The van der Waals surface area contributed by atoms with E-state index in [2.05, 4.69) is 20.8 Å². The van der Waals surface area contributed by atoms with Crippen LogP contribution in [0.2, 0.25) is 0 Å². The molecule has 3 N–H and O–H groups in total. The van der Waals surface area contributed by atoms with Crippen molar-refractivity contribution < 1.29 is 9.59 Å². The highest BCUT2D eigenvalue weighted by Crippen LogP contribution is 2.16. The van der Waals surface area contributed by atoms with Crippen LogP contribution in [0.3, 0.4) is 0 Å². The Bertz CT molecular complexity index is 1220. The van der Waals surface area contributed by atoms with Crippen molar-refractivity contribution in [2.24, 2.45) is 5.10 Å². The fraction of sp³-hybridized carbons (Fsp3) is 0.0417. The molecule has 2 amide bonds. The van der Waals surface area contributed by atoms with E-state index >= 15 is 0 Å². The van der Waals surface area contributed by atoms with Gasteiger partial charge < -0.3 is 10.3 Å². The molecule has 0 bridgehead atoms. The molecule has 0 radical (unpaired) electrons. The van der Waals surface area contributed by atoms with Gasteiger partial charge in [-0.1, -0.05) is 35.9 Å². The average Bonchev–Trinajstić information content (AvgIpc) is 3.18. The molecule has 1 aromatic heterocycles. The first-order valence-corrected chi connectivity index (χ1v) is 9.48. The largest absolute Gasteiger partial charge is 0.361 e. The van der Waals surface area contributed by atoms with Crippen LogP contribution < -0.4 is 10.7 Å². The van der Waals surface area contributed by atoms with Crippen LogP contribution >= 0.6 is 0 Å². The summed E-state index contributed by atoms with van der Waals surface area (Å²) in [6.45, 7) is 1.97. The summed E-state index contributed by atoms with van der Waals surface area (Å²) in [6.07, 6.45) is 3.44. The van der Waals surface area contributed by atoms with Crippen molar-refractivity contribution in [2.75, 3.05) is 5.32 Å². The molecule has 4 rings (SSSR count). The number of benzene rings is 3. The summed E-state index contributed by atoms with van der Waals surface area (Å²) < 4.78 is 0. The third-order valence-electron chi connectivity index (χ3n) is 4.71. The number of carbonyl (C=O) groups excluding carboxylic acids is 2. The van der Waals surface area contributed by atoms with E-state index in [0.29, 0.717) is 16.8 Å². The molecule has 148 valence electrons. The summed E-state index contributed by atoms with van der Waals surface area (Å²) in [7, 11) is 0. The van der Waals surface area contributed by atoms with Crippen molar-refractivity contribution in [3.05, 3.63) is 101 Å². The second-order valence-electron chi connectivity index (χ2n) is 6.89. The van der Waals surface area contributed by atoms with Gasteiger partial charge in [-0.2, -0.15) is 5.10 Å². The molecule has 0 aliphatic rings. The number of amides is 2. The zero-order valence-corrected chi connectivity index (χ0v) is 16.3. The highest BCUT2D eigenvalue weighted by Gasteiger charge is 2.08. The molecule has 30 heavy (non-hydrogen) atoms. The summed E-state index contributed by atoms with van der Waals surface area (Å²) in [5.41, 5.74) is 7.14. The van der Waals surface area contributed by atoms with Crippen LogP contribution in [-0.2, 0) is 0 Å². The van der Waals surface area contributed by atoms with Crippen molar-refractivity contribution in [3.63, 3.8) is 0 Å². The van der Waals surface area contributed by atoms with Gasteiger partial charge in [-0.15, -0.1) is 0 Å². The van der Waals surface area contributed by atoms with Gasteiger partial charge in [0, 0.05) is 39.5 Å². The van der Waals surface area contributed by atoms with E-state index < -0.39 is 0 Å². The minimum atomic E-state index is -0.331. The number of hydrazone groups is 1. The minimum absolute atomic E-state index is 0.199. The smallest absolute Gasteiger partial charge is 0.271 e. The monoisotopic (exact) mass is 396 g/mol. The summed E-state index contributed by atoms with van der Waals surface area (Å²) in [5.74, 6) is -0.530. The standard InChI is InChI=1S/C24H20N4O2/c1-16-6-8-17(9-7-16)23(29)27-20-12-10-18(11-13-20)24(30)28-26-15-19-14-25-22-5-3-2-4-21(19)22/h2-15,25H,1H3,(H,27,29)(H,28,30)/b26-15-. The molecule has 6 nitrogen and oxygen atoms in total. The molecule has 0 aliphatic carbocycles. The number of para-hydroxylation sites is 1. The Balaban J connectivity index is 1.37. The number of nitrogens with zero attached hydrogens (tertiary/aromatic N) is 1.